The van der Waals surface area contributed by atoms with Crippen LogP contribution in [0.25, 0.3) is 11.0 Å². The van der Waals surface area contributed by atoms with Crippen LogP contribution in [-0.4, -0.2) is 31.0 Å². The SMILES string of the molecule is O=[N+]([O-])c1cnc(NCCCn2cnc3ccccc32)nc1. The molecule has 8 nitrogen and oxygen atoms in total. The molecule has 8 heteroatoms. The molecule has 0 radical (unpaired) electrons. The minimum absolute atomic E-state index is 0.115. The average molecular weight is 298 g/mol. The Morgan fingerprint density at radius 1 is 1.18 bits per heavy atom. The highest BCUT2D eigenvalue weighted by Crippen LogP contribution is 2.12. The Morgan fingerprint density at radius 3 is 2.73 bits per heavy atom. The molecule has 112 valence electrons. The predicted octanol–water partition coefficient (Wildman–Crippen LogP) is 2.24. The van der Waals surface area contributed by atoms with E-state index in [-0.39, 0.29) is 5.69 Å². The van der Waals surface area contributed by atoms with E-state index >= 15 is 0 Å². The van der Waals surface area contributed by atoms with Crippen LogP contribution < -0.4 is 5.32 Å². The minimum Gasteiger partial charge on any atom is -0.354 e. The first-order valence-electron chi connectivity index (χ1n) is 6.84. The maximum atomic E-state index is 10.5. The van der Waals surface area contributed by atoms with Crippen LogP contribution in [0.1, 0.15) is 6.42 Å². The Labute approximate surface area is 126 Å². The van der Waals surface area contributed by atoms with Crippen molar-refractivity contribution in [3.8, 4) is 0 Å². The number of imidazole rings is 1. The van der Waals surface area contributed by atoms with Crippen molar-refractivity contribution in [3.63, 3.8) is 0 Å². The summed E-state index contributed by atoms with van der Waals surface area (Å²) in [5.41, 5.74) is 1.97. The van der Waals surface area contributed by atoms with Gasteiger partial charge in [-0.05, 0) is 18.6 Å². The summed E-state index contributed by atoms with van der Waals surface area (Å²) in [5.74, 6) is 0.390. The third kappa shape index (κ3) is 3.00. The van der Waals surface area contributed by atoms with Crippen molar-refractivity contribution in [2.24, 2.45) is 0 Å². The second-order valence-corrected chi connectivity index (χ2v) is 4.73. The molecular weight excluding hydrogens is 284 g/mol. The Bertz CT molecular complexity index is 783. The molecule has 0 saturated heterocycles. The number of benzene rings is 1. The van der Waals surface area contributed by atoms with Gasteiger partial charge in [0.15, 0.2) is 0 Å². The number of para-hydroxylation sites is 2. The lowest BCUT2D eigenvalue weighted by molar-refractivity contribution is -0.385. The maximum absolute atomic E-state index is 10.5. The highest BCUT2D eigenvalue weighted by Gasteiger charge is 2.06. The van der Waals surface area contributed by atoms with Gasteiger partial charge >= 0.3 is 5.69 Å². The van der Waals surface area contributed by atoms with Gasteiger partial charge in [0.25, 0.3) is 0 Å². The minimum atomic E-state index is -0.520. The van der Waals surface area contributed by atoms with Crippen LogP contribution in [0, 0.1) is 10.1 Å². The van der Waals surface area contributed by atoms with Crippen molar-refractivity contribution < 1.29 is 4.92 Å². The summed E-state index contributed by atoms with van der Waals surface area (Å²) in [7, 11) is 0. The van der Waals surface area contributed by atoms with E-state index in [0.29, 0.717) is 12.5 Å². The number of hydrogen-bond donors (Lipinski definition) is 1. The van der Waals surface area contributed by atoms with E-state index in [0.717, 1.165) is 24.0 Å². The van der Waals surface area contributed by atoms with E-state index in [4.69, 9.17) is 0 Å². The monoisotopic (exact) mass is 298 g/mol. The van der Waals surface area contributed by atoms with Gasteiger partial charge in [-0.15, -0.1) is 0 Å². The largest absolute Gasteiger partial charge is 0.354 e. The lowest BCUT2D eigenvalue weighted by atomic mass is 10.3. The summed E-state index contributed by atoms with van der Waals surface area (Å²) in [6.07, 6.45) is 5.07. The second-order valence-electron chi connectivity index (χ2n) is 4.73. The summed E-state index contributed by atoms with van der Waals surface area (Å²) >= 11 is 0. The molecule has 0 bridgehead atoms. The molecule has 0 unspecified atom stereocenters. The van der Waals surface area contributed by atoms with E-state index in [9.17, 15) is 10.1 Å². The quantitative estimate of drug-likeness (QED) is 0.425. The van der Waals surface area contributed by atoms with Crippen LogP contribution in [0.2, 0.25) is 0 Å². The zero-order valence-corrected chi connectivity index (χ0v) is 11.7. The Morgan fingerprint density at radius 2 is 1.95 bits per heavy atom. The average Bonchev–Trinajstić information content (AvgIpc) is 2.95. The number of aryl methyl sites for hydroxylation is 1. The molecule has 0 aliphatic rings. The molecule has 0 amide bonds. The Kier molecular flexibility index (Phi) is 3.90. The zero-order chi connectivity index (χ0) is 15.4. The number of fused-ring (bicyclic) bond motifs is 1. The molecule has 2 heterocycles. The number of nitrogens with zero attached hydrogens (tertiary/aromatic N) is 5. The van der Waals surface area contributed by atoms with Crippen LogP contribution in [0.15, 0.2) is 43.0 Å². The van der Waals surface area contributed by atoms with Crippen LogP contribution in [0.4, 0.5) is 11.6 Å². The predicted molar refractivity (Wildman–Crippen MR) is 81.5 cm³/mol. The van der Waals surface area contributed by atoms with Gasteiger partial charge in [0.05, 0.1) is 22.3 Å². The Hall–Kier alpha value is -3.03. The van der Waals surface area contributed by atoms with Crippen molar-refractivity contribution in [1.29, 1.82) is 0 Å². The lowest BCUT2D eigenvalue weighted by Crippen LogP contribution is -2.08. The number of hydrogen-bond acceptors (Lipinski definition) is 6. The number of nitro groups is 1. The molecule has 1 aromatic carbocycles. The van der Waals surface area contributed by atoms with Gasteiger partial charge < -0.3 is 9.88 Å². The van der Waals surface area contributed by atoms with Crippen molar-refractivity contribution in [2.45, 2.75) is 13.0 Å². The van der Waals surface area contributed by atoms with Gasteiger partial charge in [-0.25, -0.2) is 15.0 Å². The molecule has 0 spiro atoms. The van der Waals surface area contributed by atoms with Gasteiger partial charge in [0.1, 0.15) is 12.4 Å². The third-order valence-corrected chi connectivity index (χ3v) is 3.24. The topological polar surface area (TPSA) is 98.8 Å². The molecule has 0 fully saturated rings. The van der Waals surface area contributed by atoms with Gasteiger partial charge in [-0.1, -0.05) is 12.1 Å². The van der Waals surface area contributed by atoms with Gasteiger partial charge in [0.2, 0.25) is 5.95 Å². The van der Waals surface area contributed by atoms with E-state index in [2.05, 4.69) is 24.8 Å². The number of rotatable bonds is 6. The fourth-order valence-electron chi connectivity index (χ4n) is 2.14. The highest BCUT2D eigenvalue weighted by atomic mass is 16.6. The molecule has 1 N–H and O–H groups in total. The first kappa shape index (κ1) is 13.9. The summed E-state index contributed by atoms with van der Waals surface area (Å²) < 4.78 is 2.09. The molecular formula is C14H14N6O2. The fourth-order valence-corrected chi connectivity index (χ4v) is 2.14. The van der Waals surface area contributed by atoms with Crippen molar-refractivity contribution in [3.05, 3.63) is 53.1 Å². The fraction of sp³-hybridized carbons (Fsp3) is 0.214. The molecule has 0 aliphatic carbocycles. The van der Waals surface area contributed by atoms with Gasteiger partial charge in [-0.2, -0.15) is 0 Å². The molecule has 0 saturated carbocycles. The van der Waals surface area contributed by atoms with Crippen LogP contribution in [0.3, 0.4) is 0 Å². The van der Waals surface area contributed by atoms with Crippen molar-refractivity contribution in [2.75, 3.05) is 11.9 Å². The normalized spacial score (nSPS) is 10.7. The number of anilines is 1. The van der Waals surface area contributed by atoms with Crippen LogP contribution in [-0.2, 0) is 6.54 Å². The zero-order valence-electron chi connectivity index (χ0n) is 11.7. The highest BCUT2D eigenvalue weighted by molar-refractivity contribution is 5.74. The first-order chi connectivity index (χ1) is 10.7. The van der Waals surface area contributed by atoms with Crippen molar-refractivity contribution in [1.82, 2.24) is 19.5 Å². The standard InChI is InChI=1S/C14H14N6O2/c21-20(22)11-8-16-14(17-9-11)15-6-3-7-19-10-18-12-4-1-2-5-13(12)19/h1-2,4-5,8-10H,3,6-7H2,(H,15,16,17). The smallest absolute Gasteiger partial charge is 0.305 e. The summed E-state index contributed by atoms with van der Waals surface area (Å²) in [4.78, 5) is 22.1. The van der Waals surface area contributed by atoms with Gasteiger partial charge in [-0.3, -0.25) is 10.1 Å². The van der Waals surface area contributed by atoms with Crippen LogP contribution in [0.5, 0.6) is 0 Å². The third-order valence-electron chi connectivity index (χ3n) is 3.24. The second kappa shape index (κ2) is 6.17. The van der Waals surface area contributed by atoms with Gasteiger partial charge in [0, 0.05) is 13.1 Å². The summed E-state index contributed by atoms with van der Waals surface area (Å²) in [6, 6.07) is 7.97. The molecule has 2 aromatic heterocycles. The van der Waals surface area contributed by atoms with Crippen LogP contribution >= 0.6 is 0 Å². The molecule has 0 atom stereocenters. The Balaban J connectivity index is 1.52. The number of aromatic nitrogens is 4. The van der Waals surface area contributed by atoms with E-state index in [1.54, 1.807) is 0 Å². The van der Waals surface area contributed by atoms with E-state index in [1.807, 2.05) is 30.6 Å². The summed E-state index contributed by atoms with van der Waals surface area (Å²) in [6.45, 7) is 1.49. The molecule has 0 aliphatic heterocycles. The maximum Gasteiger partial charge on any atom is 0.305 e. The molecule has 3 aromatic rings. The lowest BCUT2D eigenvalue weighted by Gasteiger charge is -2.06. The molecule has 3 rings (SSSR count). The molecule has 22 heavy (non-hydrogen) atoms. The first-order valence-corrected chi connectivity index (χ1v) is 6.84. The van der Waals surface area contributed by atoms with E-state index < -0.39 is 4.92 Å². The van der Waals surface area contributed by atoms with E-state index in [1.165, 1.54) is 12.4 Å². The van der Waals surface area contributed by atoms with Crippen molar-refractivity contribution >= 4 is 22.7 Å². The summed E-state index contributed by atoms with van der Waals surface area (Å²) in [5, 5.41) is 13.6. The number of nitrogens with one attached hydrogen (secondary N) is 1.